The van der Waals surface area contributed by atoms with Crippen LogP contribution in [0.5, 0.6) is 0 Å². The van der Waals surface area contributed by atoms with E-state index < -0.39 is 26.8 Å². The molecule has 7 aromatic rings. The normalized spacial score (nSPS) is 23.4. The third kappa shape index (κ3) is 4.08. The van der Waals surface area contributed by atoms with Gasteiger partial charge < -0.3 is 9.47 Å². The number of ether oxygens (including phenoxy) is 2. The van der Waals surface area contributed by atoms with Crippen LogP contribution in [0.15, 0.2) is 182 Å². The van der Waals surface area contributed by atoms with Crippen molar-refractivity contribution < 1.29 is 9.47 Å². The largest absolute Gasteiger partial charge is 0.361 e. The van der Waals surface area contributed by atoms with E-state index in [4.69, 9.17) is 9.47 Å². The van der Waals surface area contributed by atoms with Crippen molar-refractivity contribution in [1.29, 1.82) is 0 Å². The average Bonchev–Trinajstić information content (AvgIpc) is 4.09. The highest BCUT2D eigenvalue weighted by molar-refractivity contribution is 7.80. The summed E-state index contributed by atoms with van der Waals surface area (Å²) in [5.74, 6) is 0. The molecule has 0 spiro atoms. The van der Waals surface area contributed by atoms with Crippen LogP contribution < -0.4 is 26.5 Å². The van der Waals surface area contributed by atoms with Crippen LogP contribution >= 0.6 is 15.8 Å². The lowest BCUT2D eigenvalue weighted by atomic mass is 9.76. The first-order valence-electron chi connectivity index (χ1n) is 16.6. The minimum absolute atomic E-state index is 0.0254. The first-order chi connectivity index (χ1) is 23.8. The molecule has 1 aliphatic carbocycles. The highest BCUT2D eigenvalue weighted by atomic mass is 31.1. The molecule has 7 aromatic carbocycles. The summed E-state index contributed by atoms with van der Waals surface area (Å²) in [6.07, 6.45) is -0.0251. The summed E-state index contributed by atoms with van der Waals surface area (Å²) in [5, 5.41) is 8.51. The lowest BCUT2D eigenvalue weighted by Gasteiger charge is -2.34. The van der Waals surface area contributed by atoms with E-state index in [1.807, 2.05) is 0 Å². The molecular formula is C44H32O2P2. The Hall–Kier alpha value is -4.42. The second-order valence-corrected chi connectivity index (χ2v) is 17.3. The smallest absolute Gasteiger partial charge is 0.163 e. The molecule has 10 rings (SSSR count). The fraction of sp³-hybridized carbons (Fsp3) is 0.0909. The summed E-state index contributed by atoms with van der Waals surface area (Å²) in [6, 6.07) is 66.8. The number of rotatable bonds is 7. The Bertz CT molecular complexity index is 2200. The number of epoxide rings is 2. The van der Waals surface area contributed by atoms with Crippen LogP contribution in [0, 0.1) is 0 Å². The van der Waals surface area contributed by atoms with Crippen molar-refractivity contribution in [2.75, 3.05) is 0 Å². The molecule has 0 bridgehead atoms. The number of hydrogen-bond acceptors (Lipinski definition) is 2. The van der Waals surface area contributed by atoms with E-state index in [-0.39, 0.29) is 12.2 Å². The maximum Gasteiger partial charge on any atom is 0.163 e. The van der Waals surface area contributed by atoms with Gasteiger partial charge in [0.1, 0.15) is 12.2 Å². The summed E-state index contributed by atoms with van der Waals surface area (Å²) in [4.78, 5) is 0. The van der Waals surface area contributed by atoms with E-state index >= 15 is 0 Å². The topological polar surface area (TPSA) is 25.1 Å². The van der Waals surface area contributed by atoms with E-state index in [2.05, 4.69) is 182 Å². The summed E-state index contributed by atoms with van der Waals surface area (Å²) < 4.78 is 14.6. The molecule has 2 nitrogen and oxygen atoms in total. The molecule has 2 heterocycles. The zero-order chi connectivity index (χ0) is 31.7. The fourth-order valence-corrected chi connectivity index (χ4v) is 14.0. The third-order valence-corrected chi connectivity index (χ3v) is 15.6. The van der Waals surface area contributed by atoms with Gasteiger partial charge in [-0.2, -0.15) is 0 Å². The fourth-order valence-electron chi connectivity index (χ4n) is 8.21. The van der Waals surface area contributed by atoms with Crippen LogP contribution in [-0.4, -0.2) is 11.4 Å². The molecule has 3 unspecified atom stereocenters. The maximum atomic E-state index is 7.78. The zero-order valence-corrected chi connectivity index (χ0v) is 28.0. The summed E-state index contributed by atoms with van der Waals surface area (Å²) >= 11 is 0. The molecule has 0 saturated carbocycles. The van der Waals surface area contributed by atoms with Gasteiger partial charge in [-0.1, -0.05) is 182 Å². The Morgan fingerprint density at radius 2 is 1.00 bits per heavy atom. The standard InChI is InChI=1S/C44H32O2P2/c1-5-18-32(19-6-1)47(33-20-7-2-8-21-33)39-30-29-31-17-13-14-26-36(31)40(39)43-38-28-16-15-27-37(38)41-42(45-41)44(43,46-43)48(34-22-9-3-10-23-34)35-24-11-4-12-25-35/h1-30,41-42H/t41-,42?,43?,44?/m1/s1. The van der Waals surface area contributed by atoms with Gasteiger partial charge in [-0.25, -0.2) is 0 Å². The predicted molar refractivity (Wildman–Crippen MR) is 200 cm³/mol. The van der Waals surface area contributed by atoms with E-state index in [0.29, 0.717) is 0 Å². The quantitative estimate of drug-likeness (QED) is 0.128. The van der Waals surface area contributed by atoms with Gasteiger partial charge in [0, 0.05) is 5.56 Å². The predicted octanol–water partition coefficient (Wildman–Crippen LogP) is 8.15. The molecule has 2 aliphatic heterocycles. The second-order valence-electron chi connectivity index (χ2n) is 12.7. The molecule has 0 N–H and O–H groups in total. The van der Waals surface area contributed by atoms with Gasteiger partial charge in [0.05, 0.1) is 0 Å². The van der Waals surface area contributed by atoms with Crippen molar-refractivity contribution in [3.63, 3.8) is 0 Å². The number of benzene rings is 7. The summed E-state index contributed by atoms with van der Waals surface area (Å²) in [6.45, 7) is 0. The molecule has 48 heavy (non-hydrogen) atoms. The molecule has 4 heteroatoms. The van der Waals surface area contributed by atoms with Crippen LogP contribution in [-0.2, 0) is 15.1 Å². The van der Waals surface area contributed by atoms with E-state index in [1.165, 1.54) is 54.0 Å². The highest BCUT2D eigenvalue weighted by Crippen LogP contribution is 2.83. The Labute approximate surface area is 283 Å². The van der Waals surface area contributed by atoms with Gasteiger partial charge in [-0.15, -0.1) is 0 Å². The monoisotopic (exact) mass is 654 g/mol. The lowest BCUT2D eigenvalue weighted by Crippen LogP contribution is -2.41. The molecule has 2 saturated heterocycles. The molecule has 0 radical (unpaired) electrons. The van der Waals surface area contributed by atoms with Gasteiger partial charge in [0.15, 0.2) is 10.9 Å². The van der Waals surface area contributed by atoms with Crippen molar-refractivity contribution in [2.24, 2.45) is 0 Å². The molecule has 4 atom stereocenters. The summed E-state index contributed by atoms with van der Waals surface area (Å²) in [7, 11) is -1.93. The van der Waals surface area contributed by atoms with Gasteiger partial charge in [0.25, 0.3) is 0 Å². The Kier molecular flexibility index (Phi) is 6.59. The van der Waals surface area contributed by atoms with Crippen LogP contribution in [0.1, 0.15) is 22.8 Å². The molecule has 230 valence electrons. The first-order valence-corrected chi connectivity index (χ1v) is 19.3. The van der Waals surface area contributed by atoms with Gasteiger partial charge in [-0.3, -0.25) is 0 Å². The minimum Gasteiger partial charge on any atom is -0.361 e. The Balaban J connectivity index is 1.33. The minimum atomic E-state index is -1.01. The van der Waals surface area contributed by atoms with Crippen molar-refractivity contribution in [3.8, 4) is 0 Å². The molecule has 2 fully saturated rings. The lowest BCUT2D eigenvalue weighted by molar-refractivity contribution is 0.273. The van der Waals surface area contributed by atoms with Crippen LogP contribution in [0.2, 0.25) is 0 Å². The van der Waals surface area contributed by atoms with Crippen molar-refractivity contribution >= 4 is 53.1 Å². The zero-order valence-electron chi connectivity index (χ0n) is 26.2. The SMILES string of the molecule is c1ccc(P(c2ccccc2)c2ccc3ccccc3c2C23OC2(P(c2ccccc2)c2ccccc2)C2O[C@@H]2c2ccccc23)cc1. The van der Waals surface area contributed by atoms with Crippen molar-refractivity contribution in [3.05, 3.63) is 199 Å². The van der Waals surface area contributed by atoms with E-state index in [9.17, 15) is 0 Å². The van der Waals surface area contributed by atoms with Crippen molar-refractivity contribution in [1.82, 2.24) is 0 Å². The summed E-state index contributed by atoms with van der Waals surface area (Å²) in [5.41, 5.74) is 3.09. The number of hydrogen-bond donors (Lipinski definition) is 0. The molecule has 0 amide bonds. The van der Waals surface area contributed by atoms with Crippen LogP contribution in [0.4, 0.5) is 0 Å². The van der Waals surface area contributed by atoms with E-state index in [1.54, 1.807) is 0 Å². The van der Waals surface area contributed by atoms with Gasteiger partial charge in [-0.05, 0) is 64.3 Å². The van der Waals surface area contributed by atoms with Gasteiger partial charge >= 0.3 is 0 Å². The maximum absolute atomic E-state index is 7.78. The van der Waals surface area contributed by atoms with Crippen molar-refractivity contribution in [2.45, 2.75) is 23.2 Å². The van der Waals surface area contributed by atoms with Gasteiger partial charge in [0.2, 0.25) is 0 Å². The Morgan fingerprint density at radius 1 is 0.479 bits per heavy atom. The molecular weight excluding hydrogens is 622 g/mol. The first kappa shape index (κ1) is 28.6. The third-order valence-electron chi connectivity index (χ3n) is 10.2. The van der Waals surface area contributed by atoms with Crippen LogP contribution in [0.25, 0.3) is 10.8 Å². The van der Waals surface area contributed by atoms with Crippen LogP contribution in [0.3, 0.4) is 0 Å². The highest BCUT2D eigenvalue weighted by Gasteiger charge is 2.87. The number of fused-ring (bicyclic) bond motifs is 7. The average molecular weight is 655 g/mol. The van der Waals surface area contributed by atoms with E-state index in [0.717, 1.165) is 0 Å². The Morgan fingerprint density at radius 3 is 1.62 bits per heavy atom. The second kappa shape index (κ2) is 11.1. The molecule has 0 aromatic heterocycles. The molecule has 3 aliphatic rings.